The minimum absolute atomic E-state index is 0.0905. The maximum atomic E-state index is 12.3. The number of pyridine rings is 1. The number of para-hydroxylation sites is 1. The van der Waals surface area contributed by atoms with Crippen molar-refractivity contribution in [2.45, 2.75) is 18.8 Å². The molecular weight excluding hydrogens is 457 g/mol. The number of benzene rings is 2. The number of furan rings is 1. The Hall–Kier alpha value is -4.39. The average Bonchev–Trinajstić information content (AvgIpc) is 3.30. The maximum absolute atomic E-state index is 12.3. The molecule has 2 heterocycles. The number of ether oxygens (including phenoxy) is 1. The number of carbonyl (C=O) groups is 1. The smallest absolute Gasteiger partial charge is 0.464 e. The molecule has 0 saturated heterocycles. The van der Waals surface area contributed by atoms with Gasteiger partial charge >= 0.3 is 13.2 Å². The normalized spacial score (nSPS) is 12.1. The van der Waals surface area contributed by atoms with E-state index in [0.29, 0.717) is 23.3 Å². The molecule has 0 bridgehead atoms. The van der Waals surface area contributed by atoms with Crippen molar-refractivity contribution in [3.8, 4) is 6.07 Å². The van der Waals surface area contributed by atoms with Crippen molar-refractivity contribution < 1.29 is 24.0 Å². The minimum atomic E-state index is -1.77. The predicted octanol–water partition coefficient (Wildman–Crippen LogP) is 3.78. The zero-order valence-corrected chi connectivity index (χ0v) is 19.4. The van der Waals surface area contributed by atoms with Crippen molar-refractivity contribution in [3.05, 3.63) is 102 Å². The van der Waals surface area contributed by atoms with Gasteiger partial charge < -0.3 is 24.5 Å². The zero-order valence-electron chi connectivity index (χ0n) is 19.4. The SMILES string of the molecule is N#CC(=Cc1cccc(CCOC(=O)N[C@@H](Cc2coc3ccccc23)B(O)O)c1)c1ccccn1. The Balaban J connectivity index is 1.33. The Kier molecular flexibility index (Phi) is 8.14. The summed E-state index contributed by atoms with van der Waals surface area (Å²) < 4.78 is 10.8. The van der Waals surface area contributed by atoms with Crippen molar-refractivity contribution in [1.82, 2.24) is 10.3 Å². The third-order valence-corrected chi connectivity index (χ3v) is 5.61. The second-order valence-corrected chi connectivity index (χ2v) is 8.14. The zero-order chi connectivity index (χ0) is 25.3. The van der Waals surface area contributed by atoms with E-state index in [1.807, 2.05) is 54.6 Å². The molecule has 180 valence electrons. The number of hydrogen-bond donors (Lipinski definition) is 3. The topological polar surface area (TPSA) is 129 Å². The van der Waals surface area contributed by atoms with Gasteiger partial charge in [-0.15, -0.1) is 0 Å². The molecule has 0 aliphatic heterocycles. The summed E-state index contributed by atoms with van der Waals surface area (Å²) in [5, 5.41) is 32.4. The molecule has 0 fully saturated rings. The Morgan fingerprint density at radius 3 is 2.78 bits per heavy atom. The fraction of sp³-hybridized carbons (Fsp3) is 0.148. The molecule has 2 aromatic heterocycles. The molecule has 0 spiro atoms. The van der Waals surface area contributed by atoms with Crippen molar-refractivity contribution in [2.24, 2.45) is 0 Å². The summed E-state index contributed by atoms with van der Waals surface area (Å²) >= 11 is 0. The molecule has 0 radical (unpaired) electrons. The molecule has 0 unspecified atom stereocenters. The van der Waals surface area contributed by atoms with Gasteiger partial charge in [-0.3, -0.25) is 4.98 Å². The Labute approximate surface area is 208 Å². The van der Waals surface area contributed by atoms with E-state index in [1.165, 1.54) is 0 Å². The van der Waals surface area contributed by atoms with Crippen LogP contribution in [-0.2, 0) is 17.6 Å². The van der Waals surface area contributed by atoms with Crippen LogP contribution in [0.25, 0.3) is 22.6 Å². The molecule has 2 aromatic carbocycles. The van der Waals surface area contributed by atoms with Crippen LogP contribution in [0.1, 0.15) is 22.4 Å². The van der Waals surface area contributed by atoms with E-state index in [4.69, 9.17) is 9.15 Å². The molecule has 36 heavy (non-hydrogen) atoms. The molecule has 3 N–H and O–H groups in total. The van der Waals surface area contributed by atoms with E-state index < -0.39 is 19.2 Å². The minimum Gasteiger partial charge on any atom is -0.464 e. The molecule has 0 saturated carbocycles. The van der Waals surface area contributed by atoms with Gasteiger partial charge in [0.1, 0.15) is 11.7 Å². The summed E-state index contributed by atoms with van der Waals surface area (Å²) in [4.78, 5) is 16.5. The van der Waals surface area contributed by atoms with Crippen LogP contribution in [0.4, 0.5) is 4.79 Å². The number of rotatable bonds is 9. The van der Waals surface area contributed by atoms with Crippen LogP contribution in [0, 0.1) is 11.3 Å². The van der Waals surface area contributed by atoms with Gasteiger partial charge in [-0.05, 0) is 47.4 Å². The second kappa shape index (κ2) is 11.8. The lowest BCUT2D eigenvalue weighted by Crippen LogP contribution is -2.48. The Bertz CT molecular complexity index is 1400. The number of amides is 1. The van der Waals surface area contributed by atoms with Crippen LogP contribution < -0.4 is 5.32 Å². The first-order valence-electron chi connectivity index (χ1n) is 11.4. The van der Waals surface area contributed by atoms with Crippen LogP contribution in [0.5, 0.6) is 0 Å². The standard InChI is InChI=1S/C27H24BN3O5/c29-17-21(24-9-3-4-12-30-24)15-20-7-5-6-19(14-20)11-13-35-27(32)31-26(28(33)34)16-22-18-36-25-10-2-1-8-23(22)25/h1-10,12,14-15,18,26,33-34H,11,13,16H2,(H,31,32)/t26-/m0/s1. The highest BCUT2D eigenvalue weighted by Crippen LogP contribution is 2.22. The van der Waals surface area contributed by atoms with E-state index in [0.717, 1.165) is 22.1 Å². The fourth-order valence-electron chi connectivity index (χ4n) is 3.80. The number of aromatic nitrogens is 1. The molecule has 0 aliphatic carbocycles. The Morgan fingerprint density at radius 2 is 2.00 bits per heavy atom. The lowest BCUT2D eigenvalue weighted by molar-refractivity contribution is 0.144. The van der Waals surface area contributed by atoms with Gasteiger partial charge in [0.2, 0.25) is 0 Å². The van der Waals surface area contributed by atoms with Crippen molar-refractivity contribution in [2.75, 3.05) is 6.61 Å². The first kappa shape index (κ1) is 24.7. The molecule has 1 atom stereocenters. The molecular formula is C27H24BN3O5. The van der Waals surface area contributed by atoms with Gasteiger partial charge in [0.05, 0.1) is 30.1 Å². The summed E-state index contributed by atoms with van der Waals surface area (Å²) in [5.41, 5.74) is 4.21. The van der Waals surface area contributed by atoms with Crippen LogP contribution in [0.3, 0.4) is 0 Å². The molecule has 1 amide bonds. The lowest BCUT2D eigenvalue weighted by atomic mass is 9.76. The van der Waals surface area contributed by atoms with Crippen molar-refractivity contribution >= 4 is 35.8 Å². The number of nitrogens with one attached hydrogen (secondary N) is 1. The molecule has 4 aromatic rings. The number of nitriles is 1. The molecule has 0 aliphatic rings. The van der Waals surface area contributed by atoms with Gasteiger partial charge in [0.15, 0.2) is 0 Å². The molecule has 9 heteroatoms. The largest absolute Gasteiger partial charge is 0.475 e. The van der Waals surface area contributed by atoms with Crippen molar-refractivity contribution in [1.29, 1.82) is 5.26 Å². The third kappa shape index (κ3) is 6.39. The highest BCUT2D eigenvalue weighted by molar-refractivity contribution is 6.43. The van der Waals surface area contributed by atoms with E-state index in [2.05, 4.69) is 16.4 Å². The number of hydrogen-bond acceptors (Lipinski definition) is 7. The predicted molar refractivity (Wildman–Crippen MR) is 136 cm³/mol. The van der Waals surface area contributed by atoms with E-state index in [-0.39, 0.29) is 13.0 Å². The van der Waals surface area contributed by atoms with Crippen molar-refractivity contribution in [3.63, 3.8) is 0 Å². The number of nitrogens with zero attached hydrogens (tertiary/aromatic N) is 2. The second-order valence-electron chi connectivity index (χ2n) is 8.14. The number of carbonyl (C=O) groups excluding carboxylic acids is 1. The summed E-state index contributed by atoms with van der Waals surface area (Å²) in [7, 11) is -1.77. The van der Waals surface area contributed by atoms with Crippen LogP contribution in [0.15, 0.2) is 83.6 Å². The van der Waals surface area contributed by atoms with Crippen LogP contribution in [0.2, 0.25) is 0 Å². The van der Waals surface area contributed by atoms with Gasteiger partial charge in [0.25, 0.3) is 0 Å². The number of alkyl carbamates (subject to hydrolysis) is 1. The number of fused-ring (bicyclic) bond motifs is 1. The summed E-state index contributed by atoms with van der Waals surface area (Å²) in [6, 6.07) is 22.5. The van der Waals surface area contributed by atoms with Crippen LogP contribution >= 0.6 is 0 Å². The molecule has 8 nitrogen and oxygen atoms in total. The molecule has 4 rings (SSSR count). The Morgan fingerprint density at radius 1 is 1.17 bits per heavy atom. The van der Waals surface area contributed by atoms with Gasteiger partial charge in [-0.2, -0.15) is 5.26 Å². The van der Waals surface area contributed by atoms with E-state index in [9.17, 15) is 20.1 Å². The van der Waals surface area contributed by atoms with Crippen LogP contribution in [-0.4, -0.2) is 40.8 Å². The van der Waals surface area contributed by atoms with Gasteiger partial charge in [0, 0.05) is 18.0 Å². The van der Waals surface area contributed by atoms with Gasteiger partial charge in [-0.25, -0.2) is 4.79 Å². The van der Waals surface area contributed by atoms with E-state index >= 15 is 0 Å². The monoisotopic (exact) mass is 481 g/mol. The highest BCUT2D eigenvalue weighted by Gasteiger charge is 2.27. The fourth-order valence-corrected chi connectivity index (χ4v) is 3.80. The lowest BCUT2D eigenvalue weighted by Gasteiger charge is -2.17. The average molecular weight is 481 g/mol. The summed E-state index contributed by atoms with van der Waals surface area (Å²) in [5.74, 6) is -0.969. The number of allylic oxidation sites excluding steroid dienone is 1. The quantitative estimate of drug-likeness (QED) is 0.245. The van der Waals surface area contributed by atoms with E-state index in [1.54, 1.807) is 30.7 Å². The third-order valence-electron chi connectivity index (χ3n) is 5.61. The first-order valence-corrected chi connectivity index (χ1v) is 11.4. The van der Waals surface area contributed by atoms with Gasteiger partial charge in [-0.1, -0.05) is 48.5 Å². The first-order chi connectivity index (χ1) is 17.5. The highest BCUT2D eigenvalue weighted by atomic mass is 16.5. The maximum Gasteiger partial charge on any atom is 0.475 e. The summed E-state index contributed by atoms with van der Waals surface area (Å²) in [6.45, 7) is 0.0905. The summed E-state index contributed by atoms with van der Waals surface area (Å²) in [6.07, 6.45) is 4.79.